The van der Waals surface area contributed by atoms with Gasteiger partial charge in [0.15, 0.2) is 6.61 Å². The molecule has 0 atom stereocenters. The minimum Gasteiger partial charge on any atom is -0.495 e. The Morgan fingerprint density at radius 3 is 2.57 bits per heavy atom. The molecule has 0 aromatic heterocycles. The van der Waals surface area contributed by atoms with Crippen LogP contribution in [0, 0.1) is 0 Å². The standard InChI is InChI=1S/C16H14F3NO3/c1-22-14-8-3-2-7-13(14)20-15(21)10-23-12-6-4-5-11(9-12)16(17,18)19/h2-9H,10H2,1H3,(H,20,21). The number of halogens is 3. The van der Waals surface area contributed by atoms with Gasteiger partial charge in [-0.15, -0.1) is 0 Å². The SMILES string of the molecule is COc1ccccc1NC(=O)COc1cccc(C(F)(F)F)c1. The number of anilines is 1. The molecule has 2 rings (SSSR count). The van der Waals surface area contributed by atoms with E-state index in [0.29, 0.717) is 11.4 Å². The number of ether oxygens (including phenoxy) is 2. The number of alkyl halides is 3. The summed E-state index contributed by atoms with van der Waals surface area (Å²) in [6.45, 7) is -0.417. The molecular weight excluding hydrogens is 311 g/mol. The number of amides is 1. The summed E-state index contributed by atoms with van der Waals surface area (Å²) < 4.78 is 47.9. The number of rotatable bonds is 5. The Labute approximate surface area is 130 Å². The number of para-hydroxylation sites is 2. The third kappa shape index (κ3) is 4.64. The normalized spacial score (nSPS) is 11.0. The topological polar surface area (TPSA) is 47.6 Å². The fourth-order valence-electron chi connectivity index (χ4n) is 1.85. The van der Waals surface area contributed by atoms with Crippen molar-refractivity contribution in [1.82, 2.24) is 0 Å². The molecule has 23 heavy (non-hydrogen) atoms. The summed E-state index contributed by atoms with van der Waals surface area (Å²) in [7, 11) is 1.46. The van der Waals surface area contributed by atoms with Gasteiger partial charge < -0.3 is 14.8 Å². The molecule has 0 spiro atoms. The van der Waals surface area contributed by atoms with Gasteiger partial charge in [-0.1, -0.05) is 18.2 Å². The van der Waals surface area contributed by atoms with Crippen molar-refractivity contribution in [2.75, 3.05) is 19.0 Å². The van der Waals surface area contributed by atoms with Crippen LogP contribution in [0.3, 0.4) is 0 Å². The Kier molecular flexibility index (Phi) is 5.10. The molecule has 0 aliphatic heterocycles. The van der Waals surface area contributed by atoms with Crippen LogP contribution in [0.4, 0.5) is 18.9 Å². The average Bonchev–Trinajstić information content (AvgIpc) is 2.53. The third-order valence-corrected chi connectivity index (χ3v) is 2.91. The molecule has 4 nitrogen and oxygen atoms in total. The molecule has 0 aliphatic rings. The molecule has 122 valence electrons. The summed E-state index contributed by atoms with van der Waals surface area (Å²) in [5.74, 6) is -0.0677. The number of hydrogen-bond donors (Lipinski definition) is 1. The van der Waals surface area contributed by atoms with Crippen molar-refractivity contribution in [2.24, 2.45) is 0 Å². The maximum absolute atomic E-state index is 12.6. The van der Waals surface area contributed by atoms with Gasteiger partial charge in [0.25, 0.3) is 5.91 Å². The third-order valence-electron chi connectivity index (χ3n) is 2.91. The smallest absolute Gasteiger partial charge is 0.416 e. The summed E-state index contributed by atoms with van der Waals surface area (Å²) in [5.41, 5.74) is -0.382. The highest BCUT2D eigenvalue weighted by Gasteiger charge is 2.30. The Morgan fingerprint density at radius 1 is 1.13 bits per heavy atom. The van der Waals surface area contributed by atoms with E-state index < -0.39 is 24.3 Å². The van der Waals surface area contributed by atoms with Gasteiger partial charge in [-0.3, -0.25) is 4.79 Å². The number of carbonyl (C=O) groups is 1. The van der Waals surface area contributed by atoms with Crippen LogP contribution in [-0.4, -0.2) is 19.6 Å². The highest BCUT2D eigenvalue weighted by molar-refractivity contribution is 5.93. The molecule has 0 aliphatic carbocycles. The Bertz CT molecular complexity index is 686. The van der Waals surface area contributed by atoms with Crippen molar-refractivity contribution in [3.05, 3.63) is 54.1 Å². The molecule has 7 heteroatoms. The first-order valence-electron chi connectivity index (χ1n) is 6.63. The zero-order valence-electron chi connectivity index (χ0n) is 12.2. The van der Waals surface area contributed by atoms with Gasteiger partial charge in [0.05, 0.1) is 18.4 Å². The predicted octanol–water partition coefficient (Wildman–Crippen LogP) is 3.73. The predicted molar refractivity (Wildman–Crippen MR) is 78.6 cm³/mol. The minimum absolute atomic E-state index is 0.0324. The molecule has 2 aromatic carbocycles. The second-order valence-electron chi connectivity index (χ2n) is 4.56. The monoisotopic (exact) mass is 325 g/mol. The average molecular weight is 325 g/mol. The van der Waals surface area contributed by atoms with Crippen LogP contribution >= 0.6 is 0 Å². The van der Waals surface area contributed by atoms with Crippen molar-refractivity contribution >= 4 is 11.6 Å². The van der Waals surface area contributed by atoms with Crippen LogP contribution in [0.2, 0.25) is 0 Å². The van der Waals surface area contributed by atoms with Crippen LogP contribution in [0.1, 0.15) is 5.56 Å². The minimum atomic E-state index is -4.46. The van der Waals surface area contributed by atoms with Gasteiger partial charge in [-0.05, 0) is 30.3 Å². The van der Waals surface area contributed by atoms with Crippen molar-refractivity contribution in [1.29, 1.82) is 0 Å². The van der Waals surface area contributed by atoms with E-state index in [-0.39, 0.29) is 5.75 Å². The van der Waals surface area contributed by atoms with Gasteiger partial charge in [-0.25, -0.2) is 0 Å². The Morgan fingerprint density at radius 2 is 1.87 bits per heavy atom. The largest absolute Gasteiger partial charge is 0.495 e. The van der Waals surface area contributed by atoms with Crippen LogP contribution in [0.15, 0.2) is 48.5 Å². The van der Waals surface area contributed by atoms with Crippen LogP contribution < -0.4 is 14.8 Å². The van der Waals surface area contributed by atoms with Gasteiger partial charge in [0.1, 0.15) is 11.5 Å². The first kappa shape index (κ1) is 16.7. The molecule has 0 unspecified atom stereocenters. The summed E-state index contributed by atoms with van der Waals surface area (Å²) in [6.07, 6.45) is -4.46. The maximum atomic E-state index is 12.6. The summed E-state index contributed by atoms with van der Waals surface area (Å²) in [5, 5.41) is 2.57. The van der Waals surface area contributed by atoms with Gasteiger partial charge in [0, 0.05) is 0 Å². The lowest BCUT2D eigenvalue weighted by atomic mass is 10.2. The highest BCUT2D eigenvalue weighted by atomic mass is 19.4. The molecule has 1 amide bonds. The van der Waals surface area contributed by atoms with E-state index in [1.807, 2.05) is 0 Å². The summed E-state index contributed by atoms with van der Waals surface area (Å²) in [6, 6.07) is 11.1. The molecule has 0 bridgehead atoms. The van der Waals surface area contributed by atoms with E-state index in [4.69, 9.17) is 9.47 Å². The molecule has 0 heterocycles. The number of nitrogens with one attached hydrogen (secondary N) is 1. The summed E-state index contributed by atoms with van der Waals surface area (Å²) >= 11 is 0. The Balaban J connectivity index is 1.97. The first-order valence-corrected chi connectivity index (χ1v) is 6.63. The van der Waals surface area contributed by atoms with Crippen molar-refractivity contribution in [3.8, 4) is 11.5 Å². The molecule has 0 fully saturated rings. The van der Waals surface area contributed by atoms with E-state index in [1.165, 1.54) is 19.2 Å². The second-order valence-corrected chi connectivity index (χ2v) is 4.56. The fourth-order valence-corrected chi connectivity index (χ4v) is 1.85. The van der Waals surface area contributed by atoms with Crippen LogP contribution in [0.25, 0.3) is 0 Å². The number of methoxy groups -OCH3 is 1. The zero-order chi connectivity index (χ0) is 16.9. The van der Waals surface area contributed by atoms with Crippen molar-refractivity contribution in [3.63, 3.8) is 0 Å². The van der Waals surface area contributed by atoms with Gasteiger partial charge >= 0.3 is 6.18 Å². The summed E-state index contributed by atoms with van der Waals surface area (Å²) in [4.78, 5) is 11.8. The van der Waals surface area contributed by atoms with E-state index in [2.05, 4.69) is 5.32 Å². The van der Waals surface area contributed by atoms with E-state index in [0.717, 1.165) is 12.1 Å². The number of benzene rings is 2. The fraction of sp³-hybridized carbons (Fsp3) is 0.188. The molecule has 0 saturated heterocycles. The second kappa shape index (κ2) is 7.04. The van der Waals surface area contributed by atoms with Gasteiger partial charge in [-0.2, -0.15) is 13.2 Å². The molecule has 0 radical (unpaired) electrons. The number of carbonyl (C=O) groups excluding carboxylic acids is 1. The maximum Gasteiger partial charge on any atom is 0.416 e. The van der Waals surface area contributed by atoms with E-state index in [9.17, 15) is 18.0 Å². The molecule has 1 N–H and O–H groups in total. The lowest BCUT2D eigenvalue weighted by Gasteiger charge is -2.12. The molecular formula is C16H14F3NO3. The van der Waals surface area contributed by atoms with Crippen LogP contribution in [0.5, 0.6) is 11.5 Å². The highest BCUT2D eigenvalue weighted by Crippen LogP contribution is 2.31. The van der Waals surface area contributed by atoms with Gasteiger partial charge in [0.2, 0.25) is 0 Å². The lowest BCUT2D eigenvalue weighted by Crippen LogP contribution is -2.20. The van der Waals surface area contributed by atoms with E-state index in [1.54, 1.807) is 24.3 Å². The zero-order valence-corrected chi connectivity index (χ0v) is 12.2. The van der Waals surface area contributed by atoms with Crippen molar-refractivity contribution in [2.45, 2.75) is 6.18 Å². The van der Waals surface area contributed by atoms with Crippen LogP contribution in [-0.2, 0) is 11.0 Å². The molecule has 2 aromatic rings. The number of hydrogen-bond acceptors (Lipinski definition) is 3. The quantitative estimate of drug-likeness (QED) is 0.911. The lowest BCUT2D eigenvalue weighted by molar-refractivity contribution is -0.137. The first-order chi connectivity index (χ1) is 10.9. The van der Waals surface area contributed by atoms with E-state index >= 15 is 0 Å². The van der Waals surface area contributed by atoms with Crippen molar-refractivity contribution < 1.29 is 27.4 Å². The molecule has 0 saturated carbocycles. The Hall–Kier alpha value is -2.70.